The first-order valence-corrected chi connectivity index (χ1v) is 9.57. The fourth-order valence-electron chi connectivity index (χ4n) is 3.64. The zero-order valence-corrected chi connectivity index (χ0v) is 15.1. The van der Waals surface area contributed by atoms with Gasteiger partial charge in [0.25, 0.3) is 0 Å². The standard InChI is InChI=1S/C15H25N3O5S/c1-11-12(10-16-17(11)3)24(21,22)18-7-4-15(5-8-18)13(19)14(2,20)6-9-23-15/h10,13,19-20H,4-9H2,1-3H3/t13-,14+/m0/s1. The SMILES string of the molecule is Cc1c(S(=O)(=O)N2CCC3(CC2)OCC[C@@](C)(O)[C@@H]3O)cnn1C. The Labute approximate surface area is 142 Å². The number of rotatable bonds is 2. The Hall–Kier alpha value is -1.00. The van der Waals surface area contributed by atoms with E-state index in [9.17, 15) is 18.6 Å². The molecule has 3 rings (SSSR count). The van der Waals surface area contributed by atoms with Gasteiger partial charge in [-0.25, -0.2) is 8.42 Å². The van der Waals surface area contributed by atoms with Crippen LogP contribution in [0.3, 0.4) is 0 Å². The van der Waals surface area contributed by atoms with E-state index in [0.717, 1.165) is 0 Å². The molecule has 2 atom stereocenters. The molecule has 1 spiro atoms. The van der Waals surface area contributed by atoms with Gasteiger partial charge in [-0.1, -0.05) is 0 Å². The highest BCUT2D eigenvalue weighted by Crippen LogP contribution is 2.40. The molecule has 0 unspecified atom stereocenters. The Kier molecular flexibility index (Phi) is 4.28. The van der Waals surface area contributed by atoms with Crippen molar-refractivity contribution in [1.82, 2.24) is 14.1 Å². The zero-order valence-electron chi connectivity index (χ0n) is 14.3. The van der Waals surface area contributed by atoms with E-state index in [4.69, 9.17) is 4.74 Å². The normalized spacial score (nSPS) is 31.5. The van der Waals surface area contributed by atoms with E-state index in [1.165, 1.54) is 15.2 Å². The third-order valence-corrected chi connectivity index (χ3v) is 7.46. The number of hydrogen-bond donors (Lipinski definition) is 2. The van der Waals surface area contributed by atoms with Crippen LogP contribution in [-0.4, -0.2) is 69.7 Å². The third kappa shape index (κ3) is 2.68. The predicted octanol–water partition coefficient (Wildman–Crippen LogP) is -0.216. The van der Waals surface area contributed by atoms with Gasteiger partial charge in [0.1, 0.15) is 11.0 Å². The van der Waals surface area contributed by atoms with E-state index in [1.54, 1.807) is 20.9 Å². The number of aliphatic hydroxyl groups is 2. The summed E-state index contributed by atoms with van der Waals surface area (Å²) in [6.07, 6.45) is 1.41. The van der Waals surface area contributed by atoms with Gasteiger partial charge in [0, 0.05) is 26.6 Å². The lowest BCUT2D eigenvalue weighted by Gasteiger charge is -2.51. The molecular formula is C15H25N3O5S. The number of sulfonamides is 1. The molecule has 24 heavy (non-hydrogen) atoms. The maximum atomic E-state index is 12.8. The van der Waals surface area contributed by atoms with Crippen molar-refractivity contribution in [3.05, 3.63) is 11.9 Å². The van der Waals surface area contributed by atoms with Gasteiger partial charge in [0.15, 0.2) is 0 Å². The number of piperidine rings is 1. The Balaban J connectivity index is 1.79. The molecule has 2 fully saturated rings. The molecule has 0 amide bonds. The van der Waals surface area contributed by atoms with E-state index in [2.05, 4.69) is 5.10 Å². The van der Waals surface area contributed by atoms with Gasteiger partial charge in [-0.05, 0) is 26.7 Å². The summed E-state index contributed by atoms with van der Waals surface area (Å²) >= 11 is 0. The summed E-state index contributed by atoms with van der Waals surface area (Å²) in [6.45, 7) is 4.16. The van der Waals surface area contributed by atoms with Crippen LogP contribution < -0.4 is 0 Å². The summed E-state index contributed by atoms with van der Waals surface area (Å²) in [4.78, 5) is 0.207. The summed E-state index contributed by atoms with van der Waals surface area (Å²) < 4.78 is 34.4. The summed E-state index contributed by atoms with van der Waals surface area (Å²) in [5.41, 5.74) is -1.50. The van der Waals surface area contributed by atoms with Crippen LogP contribution in [0.25, 0.3) is 0 Å². The van der Waals surface area contributed by atoms with Crippen LogP contribution in [0, 0.1) is 6.92 Å². The predicted molar refractivity (Wildman–Crippen MR) is 85.9 cm³/mol. The highest BCUT2D eigenvalue weighted by molar-refractivity contribution is 7.89. The molecule has 2 saturated heterocycles. The highest BCUT2D eigenvalue weighted by Gasteiger charge is 2.53. The minimum atomic E-state index is -3.62. The van der Waals surface area contributed by atoms with Gasteiger partial charge in [-0.2, -0.15) is 9.40 Å². The summed E-state index contributed by atoms with van der Waals surface area (Å²) in [5.74, 6) is 0. The quantitative estimate of drug-likeness (QED) is 0.757. The van der Waals surface area contributed by atoms with Crippen LogP contribution in [0.1, 0.15) is 31.9 Å². The lowest BCUT2D eigenvalue weighted by molar-refractivity contribution is -0.243. The van der Waals surface area contributed by atoms with Crippen LogP contribution in [0.15, 0.2) is 11.1 Å². The number of aliphatic hydroxyl groups excluding tert-OH is 1. The van der Waals surface area contributed by atoms with Crippen LogP contribution in [-0.2, 0) is 21.8 Å². The molecule has 136 valence electrons. The van der Waals surface area contributed by atoms with Crippen molar-refractivity contribution >= 4 is 10.0 Å². The second kappa shape index (κ2) is 5.77. The Morgan fingerprint density at radius 2 is 1.96 bits per heavy atom. The largest absolute Gasteiger partial charge is 0.387 e. The van der Waals surface area contributed by atoms with E-state index in [0.29, 0.717) is 31.6 Å². The molecule has 3 heterocycles. The monoisotopic (exact) mass is 359 g/mol. The first-order chi connectivity index (χ1) is 11.1. The number of nitrogens with zero attached hydrogens (tertiary/aromatic N) is 3. The van der Waals surface area contributed by atoms with Crippen LogP contribution >= 0.6 is 0 Å². The second-order valence-electron chi connectivity index (χ2n) is 7.04. The maximum Gasteiger partial charge on any atom is 0.246 e. The van der Waals surface area contributed by atoms with E-state index >= 15 is 0 Å². The Morgan fingerprint density at radius 3 is 2.50 bits per heavy atom. The van der Waals surface area contributed by atoms with Gasteiger partial charge < -0.3 is 14.9 Å². The fourth-order valence-corrected chi connectivity index (χ4v) is 5.26. The smallest absolute Gasteiger partial charge is 0.246 e. The molecule has 1 aromatic heterocycles. The number of hydrogen-bond acceptors (Lipinski definition) is 6. The Bertz CT molecular complexity index is 719. The molecule has 9 heteroatoms. The second-order valence-corrected chi connectivity index (χ2v) is 8.95. The summed E-state index contributed by atoms with van der Waals surface area (Å²) in [6, 6.07) is 0. The van der Waals surface area contributed by atoms with Crippen molar-refractivity contribution in [3.8, 4) is 0 Å². The third-order valence-electron chi connectivity index (χ3n) is 5.46. The van der Waals surface area contributed by atoms with Gasteiger partial charge in [-0.3, -0.25) is 4.68 Å². The molecule has 0 aliphatic carbocycles. The lowest BCUT2D eigenvalue weighted by Crippen LogP contribution is -2.64. The average Bonchev–Trinajstić information content (AvgIpc) is 2.86. The van der Waals surface area contributed by atoms with Gasteiger partial charge in [-0.15, -0.1) is 0 Å². The average molecular weight is 359 g/mol. The molecule has 2 N–H and O–H groups in total. The van der Waals surface area contributed by atoms with Gasteiger partial charge >= 0.3 is 0 Å². The lowest BCUT2D eigenvalue weighted by atomic mass is 9.75. The fraction of sp³-hybridized carbons (Fsp3) is 0.800. The van der Waals surface area contributed by atoms with Crippen molar-refractivity contribution in [2.75, 3.05) is 19.7 Å². The maximum absolute atomic E-state index is 12.8. The van der Waals surface area contributed by atoms with E-state index in [1.807, 2.05) is 0 Å². The molecule has 0 saturated carbocycles. The molecule has 2 aliphatic heterocycles. The molecule has 0 aromatic carbocycles. The van der Waals surface area contributed by atoms with E-state index < -0.39 is 27.3 Å². The van der Waals surface area contributed by atoms with Crippen molar-refractivity contribution in [3.63, 3.8) is 0 Å². The molecule has 8 nitrogen and oxygen atoms in total. The van der Waals surface area contributed by atoms with Crippen LogP contribution in [0.2, 0.25) is 0 Å². The van der Waals surface area contributed by atoms with Gasteiger partial charge in [0.2, 0.25) is 10.0 Å². The number of ether oxygens (including phenoxy) is 1. The highest BCUT2D eigenvalue weighted by atomic mass is 32.2. The van der Waals surface area contributed by atoms with E-state index in [-0.39, 0.29) is 18.0 Å². The van der Waals surface area contributed by atoms with Crippen molar-refractivity contribution in [2.24, 2.45) is 7.05 Å². The zero-order chi connectivity index (χ0) is 17.8. The number of aromatic nitrogens is 2. The molecule has 2 aliphatic rings. The molecule has 0 radical (unpaired) electrons. The first kappa shape index (κ1) is 17.8. The minimum Gasteiger partial charge on any atom is -0.387 e. The molecule has 1 aromatic rings. The first-order valence-electron chi connectivity index (χ1n) is 8.13. The van der Waals surface area contributed by atoms with Gasteiger partial charge in [0.05, 0.1) is 29.7 Å². The molecular weight excluding hydrogens is 334 g/mol. The Morgan fingerprint density at radius 1 is 1.33 bits per heavy atom. The molecule has 0 bridgehead atoms. The van der Waals surface area contributed by atoms with Crippen molar-refractivity contribution in [2.45, 2.75) is 55.3 Å². The van der Waals surface area contributed by atoms with Crippen molar-refractivity contribution in [1.29, 1.82) is 0 Å². The summed E-state index contributed by atoms with van der Waals surface area (Å²) in [7, 11) is -1.92. The topological polar surface area (TPSA) is 105 Å². The van der Waals surface area contributed by atoms with Crippen LogP contribution in [0.5, 0.6) is 0 Å². The minimum absolute atomic E-state index is 0.207. The summed E-state index contributed by atoms with van der Waals surface area (Å²) in [5, 5.41) is 24.8. The van der Waals surface area contributed by atoms with Crippen molar-refractivity contribution < 1.29 is 23.4 Å². The number of aryl methyl sites for hydroxylation is 1. The van der Waals surface area contributed by atoms with Crippen LogP contribution in [0.4, 0.5) is 0 Å².